The van der Waals surface area contributed by atoms with Crippen molar-refractivity contribution in [2.24, 2.45) is 17.6 Å². The first-order chi connectivity index (χ1) is 9.95. The fourth-order valence-electron chi connectivity index (χ4n) is 3.03. The molecule has 0 heterocycles. The maximum atomic E-state index is 13.0. The molecule has 1 aliphatic rings. The first-order valence-corrected chi connectivity index (χ1v) is 7.48. The Hall–Kier alpha value is -1.23. The normalized spacial score (nSPS) is 26.6. The lowest BCUT2D eigenvalue weighted by Gasteiger charge is -2.36. The van der Waals surface area contributed by atoms with E-state index in [1.54, 1.807) is 6.07 Å². The number of nitrogens with two attached hydrogens (primary N) is 1. The van der Waals surface area contributed by atoms with E-state index >= 15 is 0 Å². The fourth-order valence-corrected chi connectivity index (χ4v) is 3.03. The summed E-state index contributed by atoms with van der Waals surface area (Å²) in [6.07, 6.45) is -0.805. The Bertz CT molecular complexity index is 461. The van der Waals surface area contributed by atoms with Crippen molar-refractivity contribution in [1.29, 1.82) is 0 Å². The lowest BCUT2D eigenvalue weighted by molar-refractivity contribution is -0.139. The molecule has 0 aliphatic heterocycles. The van der Waals surface area contributed by atoms with E-state index in [4.69, 9.17) is 10.5 Å². The van der Waals surface area contributed by atoms with Gasteiger partial charge in [-0.05, 0) is 43.9 Å². The number of rotatable bonds is 4. The second-order valence-electron chi connectivity index (χ2n) is 5.73. The average Bonchev–Trinajstić information content (AvgIpc) is 2.46. The standard InChI is InChI=1S/C16H22F3NO/c1-2-11-7-8-12(10-20)15(9-11)21-14-6-4-3-5-13(14)16(17,18)19/h3-6,11-12,15H,2,7-10,20H2,1H3. The van der Waals surface area contributed by atoms with E-state index in [-0.39, 0.29) is 17.8 Å². The van der Waals surface area contributed by atoms with Gasteiger partial charge in [-0.1, -0.05) is 25.5 Å². The van der Waals surface area contributed by atoms with Crippen molar-refractivity contribution in [3.63, 3.8) is 0 Å². The van der Waals surface area contributed by atoms with E-state index in [2.05, 4.69) is 6.92 Å². The van der Waals surface area contributed by atoms with Crippen LogP contribution in [0.25, 0.3) is 0 Å². The zero-order valence-corrected chi connectivity index (χ0v) is 12.2. The largest absolute Gasteiger partial charge is 0.489 e. The maximum Gasteiger partial charge on any atom is 0.419 e. The molecule has 1 aliphatic carbocycles. The molecule has 1 aromatic carbocycles. The Morgan fingerprint density at radius 1 is 1.24 bits per heavy atom. The number of ether oxygens (including phenoxy) is 1. The van der Waals surface area contributed by atoms with Gasteiger partial charge < -0.3 is 10.5 Å². The Morgan fingerprint density at radius 3 is 2.57 bits per heavy atom. The molecule has 118 valence electrons. The third kappa shape index (κ3) is 3.90. The van der Waals surface area contributed by atoms with Crippen LogP contribution in [0.2, 0.25) is 0 Å². The average molecular weight is 301 g/mol. The van der Waals surface area contributed by atoms with Gasteiger partial charge in [0.1, 0.15) is 11.9 Å². The smallest absolute Gasteiger partial charge is 0.419 e. The molecule has 3 unspecified atom stereocenters. The highest BCUT2D eigenvalue weighted by Crippen LogP contribution is 2.39. The lowest BCUT2D eigenvalue weighted by atomic mass is 9.78. The second kappa shape index (κ2) is 6.69. The molecule has 0 aromatic heterocycles. The molecular formula is C16H22F3NO. The number of alkyl halides is 3. The van der Waals surface area contributed by atoms with Crippen molar-refractivity contribution < 1.29 is 17.9 Å². The molecule has 0 bridgehead atoms. The van der Waals surface area contributed by atoms with Gasteiger partial charge in [-0.3, -0.25) is 0 Å². The molecule has 5 heteroatoms. The molecule has 2 rings (SSSR count). The molecule has 1 aromatic rings. The van der Waals surface area contributed by atoms with E-state index in [0.717, 1.165) is 31.7 Å². The van der Waals surface area contributed by atoms with Gasteiger partial charge in [-0.25, -0.2) is 0 Å². The van der Waals surface area contributed by atoms with Crippen LogP contribution in [0, 0.1) is 11.8 Å². The van der Waals surface area contributed by atoms with Crippen molar-refractivity contribution >= 4 is 0 Å². The van der Waals surface area contributed by atoms with Crippen molar-refractivity contribution in [2.75, 3.05) is 6.54 Å². The minimum Gasteiger partial charge on any atom is -0.489 e. The van der Waals surface area contributed by atoms with Crippen LogP contribution < -0.4 is 10.5 Å². The number of hydrogen-bond acceptors (Lipinski definition) is 2. The Kier molecular flexibility index (Phi) is 5.14. The van der Waals surface area contributed by atoms with Gasteiger partial charge in [0.15, 0.2) is 0 Å². The number of benzene rings is 1. The van der Waals surface area contributed by atoms with E-state index in [9.17, 15) is 13.2 Å². The van der Waals surface area contributed by atoms with Crippen molar-refractivity contribution in [3.8, 4) is 5.75 Å². The summed E-state index contributed by atoms with van der Waals surface area (Å²) >= 11 is 0. The van der Waals surface area contributed by atoms with Gasteiger partial charge in [0.25, 0.3) is 0 Å². The summed E-state index contributed by atoms with van der Waals surface area (Å²) < 4.78 is 44.8. The molecule has 1 saturated carbocycles. The van der Waals surface area contributed by atoms with E-state index in [0.29, 0.717) is 12.5 Å². The predicted molar refractivity (Wildman–Crippen MR) is 76.0 cm³/mol. The zero-order chi connectivity index (χ0) is 15.5. The molecule has 0 radical (unpaired) electrons. The van der Waals surface area contributed by atoms with Gasteiger partial charge in [0.05, 0.1) is 5.56 Å². The molecule has 2 nitrogen and oxygen atoms in total. The molecule has 1 fully saturated rings. The summed E-state index contributed by atoms with van der Waals surface area (Å²) in [6, 6.07) is 5.41. The summed E-state index contributed by atoms with van der Waals surface area (Å²) in [5, 5.41) is 0. The Balaban J connectivity index is 2.19. The number of para-hydroxylation sites is 1. The van der Waals surface area contributed by atoms with Crippen LogP contribution in [0.3, 0.4) is 0 Å². The highest BCUT2D eigenvalue weighted by Gasteiger charge is 2.36. The van der Waals surface area contributed by atoms with Crippen molar-refractivity contribution in [1.82, 2.24) is 0 Å². The summed E-state index contributed by atoms with van der Waals surface area (Å²) in [6.45, 7) is 2.56. The van der Waals surface area contributed by atoms with E-state index in [1.807, 2.05) is 0 Å². The van der Waals surface area contributed by atoms with Gasteiger partial charge in [0.2, 0.25) is 0 Å². The van der Waals surface area contributed by atoms with Gasteiger partial charge in [-0.2, -0.15) is 13.2 Å². The topological polar surface area (TPSA) is 35.2 Å². The minimum atomic E-state index is -4.40. The summed E-state index contributed by atoms with van der Waals surface area (Å²) in [4.78, 5) is 0. The molecule has 2 N–H and O–H groups in total. The first-order valence-electron chi connectivity index (χ1n) is 7.48. The zero-order valence-electron chi connectivity index (χ0n) is 12.2. The highest BCUT2D eigenvalue weighted by molar-refractivity contribution is 5.35. The number of halogens is 3. The molecule has 0 saturated heterocycles. The highest BCUT2D eigenvalue weighted by atomic mass is 19.4. The molecule has 0 amide bonds. The van der Waals surface area contributed by atoms with Crippen LogP contribution in [0.4, 0.5) is 13.2 Å². The number of hydrogen-bond donors (Lipinski definition) is 1. The van der Waals surface area contributed by atoms with Crippen LogP contribution in [0.15, 0.2) is 24.3 Å². The molecular weight excluding hydrogens is 279 g/mol. The molecule has 21 heavy (non-hydrogen) atoms. The van der Waals surface area contributed by atoms with Crippen LogP contribution in [-0.4, -0.2) is 12.6 Å². The van der Waals surface area contributed by atoms with Gasteiger partial charge >= 0.3 is 6.18 Å². The Labute approximate surface area is 123 Å². The fraction of sp³-hybridized carbons (Fsp3) is 0.625. The molecule has 0 spiro atoms. The lowest BCUT2D eigenvalue weighted by Crippen LogP contribution is -2.38. The SMILES string of the molecule is CCC1CCC(CN)C(Oc2ccccc2C(F)(F)F)C1. The monoisotopic (exact) mass is 301 g/mol. The molecule has 3 atom stereocenters. The van der Waals surface area contributed by atoms with E-state index < -0.39 is 11.7 Å². The summed E-state index contributed by atoms with van der Waals surface area (Å²) in [5.41, 5.74) is 5.05. The van der Waals surface area contributed by atoms with Crippen molar-refractivity contribution in [2.45, 2.75) is 44.9 Å². The predicted octanol–water partition coefficient (Wildman–Crippen LogP) is 4.24. The van der Waals surface area contributed by atoms with Crippen LogP contribution in [0.1, 0.15) is 38.2 Å². The summed E-state index contributed by atoms with van der Waals surface area (Å²) in [5.74, 6) is 0.565. The van der Waals surface area contributed by atoms with Gasteiger partial charge in [-0.15, -0.1) is 0 Å². The van der Waals surface area contributed by atoms with Crippen LogP contribution in [-0.2, 0) is 6.18 Å². The second-order valence-corrected chi connectivity index (χ2v) is 5.73. The van der Waals surface area contributed by atoms with Crippen LogP contribution in [0.5, 0.6) is 5.75 Å². The third-order valence-corrected chi connectivity index (χ3v) is 4.39. The maximum absolute atomic E-state index is 13.0. The van der Waals surface area contributed by atoms with Crippen LogP contribution >= 0.6 is 0 Å². The Morgan fingerprint density at radius 2 is 1.95 bits per heavy atom. The minimum absolute atomic E-state index is 0.0785. The van der Waals surface area contributed by atoms with E-state index in [1.165, 1.54) is 12.1 Å². The third-order valence-electron chi connectivity index (χ3n) is 4.39. The van der Waals surface area contributed by atoms with Gasteiger partial charge in [0, 0.05) is 5.92 Å². The quantitative estimate of drug-likeness (QED) is 0.903. The summed E-state index contributed by atoms with van der Waals surface area (Å²) in [7, 11) is 0. The first kappa shape index (κ1) is 16.1. The van der Waals surface area contributed by atoms with Crippen molar-refractivity contribution in [3.05, 3.63) is 29.8 Å².